The number of pyridine rings is 1. The van der Waals surface area contributed by atoms with E-state index in [9.17, 15) is 8.42 Å². The van der Waals surface area contributed by atoms with E-state index in [4.69, 9.17) is 5.73 Å². The highest BCUT2D eigenvalue weighted by Crippen LogP contribution is 2.18. The summed E-state index contributed by atoms with van der Waals surface area (Å²) < 4.78 is 25.1. The third-order valence-electron chi connectivity index (χ3n) is 2.46. The van der Waals surface area contributed by atoms with E-state index in [1.165, 1.54) is 6.07 Å². The first-order chi connectivity index (χ1) is 8.54. The Morgan fingerprint density at radius 3 is 2.78 bits per heavy atom. The van der Waals surface area contributed by atoms with Gasteiger partial charge in [0.2, 0.25) is 0 Å². The molecule has 7 heteroatoms. The van der Waals surface area contributed by atoms with Crippen molar-refractivity contribution >= 4 is 9.84 Å². The van der Waals surface area contributed by atoms with E-state index in [1.807, 2.05) is 0 Å². The summed E-state index contributed by atoms with van der Waals surface area (Å²) in [5.74, 6) is 1.06. The Hall–Kier alpha value is -1.73. The van der Waals surface area contributed by atoms with Crippen molar-refractivity contribution in [1.29, 1.82) is 0 Å². The molecule has 0 aliphatic rings. The molecule has 0 atom stereocenters. The molecule has 0 saturated carbocycles. The zero-order valence-electron chi connectivity index (χ0n) is 9.94. The number of rotatable bonds is 4. The van der Waals surface area contributed by atoms with Gasteiger partial charge in [-0.25, -0.2) is 18.4 Å². The molecule has 18 heavy (non-hydrogen) atoms. The highest BCUT2D eigenvalue weighted by molar-refractivity contribution is 7.90. The monoisotopic (exact) mass is 266 g/mol. The summed E-state index contributed by atoms with van der Waals surface area (Å²) in [6, 6.07) is 3.13. The normalized spacial score (nSPS) is 11.7. The van der Waals surface area contributed by atoms with Crippen molar-refractivity contribution < 1.29 is 8.42 Å². The Balaban J connectivity index is 2.61. The fourth-order valence-corrected chi connectivity index (χ4v) is 2.50. The highest BCUT2D eigenvalue weighted by Gasteiger charge is 2.17. The fraction of sp³-hybridized carbons (Fsp3) is 0.273. The quantitative estimate of drug-likeness (QED) is 0.852. The van der Waals surface area contributed by atoms with Crippen molar-refractivity contribution in [1.82, 2.24) is 14.5 Å². The molecule has 0 unspecified atom stereocenters. The van der Waals surface area contributed by atoms with Crippen LogP contribution in [0.5, 0.6) is 0 Å². The number of nitrogens with zero attached hydrogens (tertiary/aromatic N) is 3. The molecule has 6 nitrogen and oxygen atoms in total. The number of sulfone groups is 1. The Morgan fingerprint density at radius 2 is 2.11 bits per heavy atom. The molecule has 0 aliphatic carbocycles. The van der Waals surface area contributed by atoms with E-state index >= 15 is 0 Å². The van der Waals surface area contributed by atoms with Crippen LogP contribution < -0.4 is 5.73 Å². The van der Waals surface area contributed by atoms with E-state index < -0.39 is 9.84 Å². The molecule has 0 fully saturated rings. The summed E-state index contributed by atoms with van der Waals surface area (Å²) in [7, 11) is -3.33. The number of hydrogen-bond donors (Lipinski definition) is 1. The summed E-state index contributed by atoms with van der Waals surface area (Å²) in [6.45, 7) is 0.443. The first-order valence-electron chi connectivity index (χ1n) is 5.42. The molecule has 0 spiro atoms. The van der Waals surface area contributed by atoms with Crippen LogP contribution in [0.4, 0.5) is 0 Å². The SMILES string of the molecule is CS(=O)(=O)c1cccnc1-n1ccnc1CCN. The lowest BCUT2D eigenvalue weighted by Gasteiger charge is -2.10. The van der Waals surface area contributed by atoms with Gasteiger partial charge in [-0.2, -0.15) is 0 Å². The average molecular weight is 266 g/mol. The maximum Gasteiger partial charge on any atom is 0.179 e. The minimum atomic E-state index is -3.33. The van der Waals surface area contributed by atoms with Gasteiger partial charge in [-0.05, 0) is 18.7 Å². The van der Waals surface area contributed by atoms with Crippen LogP contribution in [0.2, 0.25) is 0 Å². The van der Waals surface area contributed by atoms with Gasteiger partial charge >= 0.3 is 0 Å². The summed E-state index contributed by atoms with van der Waals surface area (Å²) in [5, 5.41) is 0. The largest absolute Gasteiger partial charge is 0.330 e. The van der Waals surface area contributed by atoms with E-state index in [0.717, 1.165) is 6.26 Å². The van der Waals surface area contributed by atoms with Gasteiger partial charge < -0.3 is 5.73 Å². The minimum absolute atomic E-state index is 0.182. The molecule has 0 saturated heterocycles. The molecule has 0 aliphatic heterocycles. The second-order valence-electron chi connectivity index (χ2n) is 3.85. The fourth-order valence-electron chi connectivity index (χ4n) is 1.69. The molecule has 2 rings (SSSR count). The van der Waals surface area contributed by atoms with Gasteiger partial charge in [0.15, 0.2) is 15.7 Å². The second-order valence-corrected chi connectivity index (χ2v) is 5.83. The number of nitrogens with two attached hydrogens (primary N) is 1. The number of imidazole rings is 1. The van der Waals surface area contributed by atoms with Crippen LogP contribution in [0, 0.1) is 0 Å². The second kappa shape index (κ2) is 4.87. The Morgan fingerprint density at radius 1 is 1.33 bits per heavy atom. The van der Waals surface area contributed by atoms with Crippen LogP contribution in [0.15, 0.2) is 35.6 Å². The van der Waals surface area contributed by atoms with Crippen LogP contribution >= 0.6 is 0 Å². The van der Waals surface area contributed by atoms with E-state index in [0.29, 0.717) is 24.6 Å². The standard InChI is InChI=1S/C11H14N4O2S/c1-18(16,17)9-3-2-6-14-11(9)15-8-7-13-10(15)4-5-12/h2-3,6-8H,4-5,12H2,1H3. The zero-order valence-corrected chi connectivity index (χ0v) is 10.8. The first-order valence-corrected chi connectivity index (χ1v) is 7.31. The molecule has 2 heterocycles. The molecule has 0 aromatic carbocycles. The molecule has 2 N–H and O–H groups in total. The molecule has 2 aromatic rings. The lowest BCUT2D eigenvalue weighted by Crippen LogP contribution is -2.12. The molecular formula is C11H14N4O2S. The van der Waals surface area contributed by atoms with Crippen molar-refractivity contribution in [2.75, 3.05) is 12.8 Å². The van der Waals surface area contributed by atoms with Crippen molar-refractivity contribution in [2.24, 2.45) is 5.73 Å². The third-order valence-corrected chi connectivity index (χ3v) is 3.58. The summed E-state index contributed by atoms with van der Waals surface area (Å²) in [5.41, 5.74) is 5.50. The Bertz CT molecular complexity index is 649. The van der Waals surface area contributed by atoms with Gasteiger partial charge in [0.1, 0.15) is 10.7 Å². The topological polar surface area (TPSA) is 90.9 Å². The average Bonchev–Trinajstić information content (AvgIpc) is 2.77. The van der Waals surface area contributed by atoms with Crippen molar-refractivity contribution in [3.63, 3.8) is 0 Å². The predicted octanol–water partition coefficient (Wildman–Crippen LogP) is 0.172. The van der Waals surface area contributed by atoms with Crippen LogP contribution in [-0.4, -0.2) is 35.8 Å². The number of hydrogen-bond acceptors (Lipinski definition) is 5. The van der Waals surface area contributed by atoms with Gasteiger partial charge in [-0.15, -0.1) is 0 Å². The lowest BCUT2D eigenvalue weighted by molar-refractivity contribution is 0.600. The molecule has 0 radical (unpaired) electrons. The van der Waals surface area contributed by atoms with Crippen LogP contribution in [0.25, 0.3) is 5.82 Å². The Kier molecular flexibility index (Phi) is 3.44. The van der Waals surface area contributed by atoms with E-state index in [1.54, 1.807) is 29.2 Å². The first kappa shape index (κ1) is 12.7. The van der Waals surface area contributed by atoms with Gasteiger partial charge in [-0.1, -0.05) is 0 Å². The zero-order chi connectivity index (χ0) is 13.2. The van der Waals surface area contributed by atoms with Crippen LogP contribution in [0.3, 0.4) is 0 Å². The van der Waals surface area contributed by atoms with Crippen LogP contribution in [0.1, 0.15) is 5.82 Å². The van der Waals surface area contributed by atoms with Gasteiger partial charge in [-0.3, -0.25) is 4.57 Å². The lowest BCUT2D eigenvalue weighted by atomic mass is 10.4. The molecular weight excluding hydrogens is 252 g/mol. The highest BCUT2D eigenvalue weighted by atomic mass is 32.2. The van der Waals surface area contributed by atoms with Gasteiger partial charge in [0.25, 0.3) is 0 Å². The maximum atomic E-state index is 11.7. The predicted molar refractivity (Wildman–Crippen MR) is 67.2 cm³/mol. The van der Waals surface area contributed by atoms with Gasteiger partial charge in [0.05, 0.1) is 0 Å². The van der Waals surface area contributed by atoms with Crippen LogP contribution in [-0.2, 0) is 16.3 Å². The molecule has 0 amide bonds. The van der Waals surface area contributed by atoms with Crippen molar-refractivity contribution in [2.45, 2.75) is 11.3 Å². The minimum Gasteiger partial charge on any atom is -0.330 e. The summed E-state index contributed by atoms with van der Waals surface area (Å²) >= 11 is 0. The van der Waals surface area contributed by atoms with Crippen molar-refractivity contribution in [3.05, 3.63) is 36.5 Å². The summed E-state index contributed by atoms with van der Waals surface area (Å²) in [4.78, 5) is 8.47. The molecule has 96 valence electrons. The van der Waals surface area contributed by atoms with Gasteiger partial charge in [0, 0.05) is 31.3 Å². The Labute approximate surface area is 105 Å². The third kappa shape index (κ3) is 2.41. The molecule has 0 bridgehead atoms. The van der Waals surface area contributed by atoms with Crippen molar-refractivity contribution in [3.8, 4) is 5.82 Å². The van der Waals surface area contributed by atoms with E-state index in [2.05, 4.69) is 9.97 Å². The number of aromatic nitrogens is 3. The van der Waals surface area contributed by atoms with E-state index in [-0.39, 0.29) is 4.90 Å². The smallest absolute Gasteiger partial charge is 0.179 e. The molecule has 2 aromatic heterocycles. The maximum absolute atomic E-state index is 11.7. The summed E-state index contributed by atoms with van der Waals surface area (Å²) in [6.07, 6.45) is 6.56.